The van der Waals surface area contributed by atoms with Crippen molar-refractivity contribution in [2.75, 3.05) is 0 Å². The van der Waals surface area contributed by atoms with Crippen molar-refractivity contribution in [2.24, 2.45) is 5.90 Å². The summed E-state index contributed by atoms with van der Waals surface area (Å²) in [6.07, 6.45) is 0. The van der Waals surface area contributed by atoms with E-state index < -0.39 is 11.4 Å². The molecule has 60 valence electrons. The van der Waals surface area contributed by atoms with Gasteiger partial charge in [-0.25, -0.2) is 0 Å². The van der Waals surface area contributed by atoms with Crippen LogP contribution < -0.4 is 10.1 Å². The maximum atomic E-state index is 10.5. The second-order valence-corrected chi connectivity index (χ2v) is 2.46. The smallest absolute Gasteiger partial charge is 0.377 e. The number of benzene rings is 1. The van der Waals surface area contributed by atoms with Crippen molar-refractivity contribution in [3.63, 3.8) is 0 Å². The van der Waals surface area contributed by atoms with Crippen LogP contribution in [0, 0.1) is 0 Å². The fourth-order valence-electron chi connectivity index (χ4n) is 0.574. The summed E-state index contributed by atoms with van der Waals surface area (Å²) in [5.74, 6) is 5.05. The predicted molar refractivity (Wildman–Crippen MR) is 40.5 cm³/mol. The summed E-state index contributed by atoms with van der Waals surface area (Å²) in [5.41, 5.74) is 0. The van der Waals surface area contributed by atoms with Gasteiger partial charge in [0.1, 0.15) is 5.75 Å². The van der Waals surface area contributed by atoms with Gasteiger partial charge in [-0.3, -0.25) is 0 Å². The summed E-state index contributed by atoms with van der Waals surface area (Å²) in [6.45, 7) is 0. The standard InChI is InChI=1S/C6H7NO3S/c7-10-11(8)9-6-4-2-1-3-5-6/h1-5H,7H2. The van der Waals surface area contributed by atoms with E-state index in [1.165, 1.54) is 0 Å². The lowest BCUT2D eigenvalue weighted by atomic mass is 10.3. The van der Waals surface area contributed by atoms with Crippen LogP contribution in [0.15, 0.2) is 30.3 Å². The van der Waals surface area contributed by atoms with E-state index in [2.05, 4.69) is 14.4 Å². The third-order valence-corrected chi connectivity index (χ3v) is 1.47. The predicted octanol–water partition coefficient (Wildman–Crippen LogP) is 0.534. The molecule has 0 fully saturated rings. The molecule has 4 nitrogen and oxygen atoms in total. The van der Waals surface area contributed by atoms with Crippen LogP contribution in [0.25, 0.3) is 0 Å². The van der Waals surface area contributed by atoms with Crippen LogP contribution in [0.1, 0.15) is 0 Å². The van der Waals surface area contributed by atoms with Crippen LogP contribution in [0.4, 0.5) is 0 Å². The molecule has 11 heavy (non-hydrogen) atoms. The van der Waals surface area contributed by atoms with E-state index in [0.717, 1.165) is 0 Å². The van der Waals surface area contributed by atoms with Gasteiger partial charge in [-0.2, -0.15) is 14.4 Å². The van der Waals surface area contributed by atoms with Gasteiger partial charge in [-0.15, -0.1) is 0 Å². The van der Waals surface area contributed by atoms with Crippen LogP contribution in [0.5, 0.6) is 5.75 Å². The van der Waals surface area contributed by atoms with Gasteiger partial charge in [0, 0.05) is 0 Å². The molecule has 0 saturated heterocycles. The molecule has 5 heteroatoms. The number of rotatable bonds is 3. The lowest BCUT2D eigenvalue weighted by Gasteiger charge is -1.99. The van der Waals surface area contributed by atoms with Crippen molar-refractivity contribution < 1.29 is 12.7 Å². The highest BCUT2D eigenvalue weighted by atomic mass is 32.2. The van der Waals surface area contributed by atoms with Gasteiger partial charge in [0.15, 0.2) is 0 Å². The average Bonchev–Trinajstić information content (AvgIpc) is 2.06. The minimum absolute atomic E-state index is 0.455. The highest BCUT2D eigenvalue weighted by Crippen LogP contribution is 2.09. The first-order chi connectivity index (χ1) is 5.33. The molecule has 0 bridgehead atoms. The normalized spacial score (nSPS) is 12.5. The van der Waals surface area contributed by atoms with Crippen LogP contribution in [0.2, 0.25) is 0 Å². The lowest BCUT2D eigenvalue weighted by Crippen LogP contribution is -2.09. The van der Waals surface area contributed by atoms with Crippen LogP contribution in [-0.2, 0) is 15.6 Å². The van der Waals surface area contributed by atoms with Crippen LogP contribution in [-0.4, -0.2) is 4.21 Å². The molecule has 1 unspecified atom stereocenters. The second-order valence-electron chi connectivity index (χ2n) is 1.70. The third-order valence-electron chi connectivity index (χ3n) is 0.986. The zero-order valence-electron chi connectivity index (χ0n) is 5.60. The van der Waals surface area contributed by atoms with Crippen molar-refractivity contribution in [2.45, 2.75) is 0 Å². The number of para-hydroxylation sites is 1. The first-order valence-electron chi connectivity index (χ1n) is 2.85. The van der Waals surface area contributed by atoms with Crippen molar-refractivity contribution in [1.29, 1.82) is 0 Å². The zero-order chi connectivity index (χ0) is 8.10. The van der Waals surface area contributed by atoms with Crippen LogP contribution in [0.3, 0.4) is 0 Å². The first kappa shape index (κ1) is 8.19. The van der Waals surface area contributed by atoms with Gasteiger partial charge in [0.25, 0.3) is 0 Å². The molecule has 0 amide bonds. The van der Waals surface area contributed by atoms with Gasteiger partial charge in [0.05, 0.1) is 0 Å². The van der Waals surface area contributed by atoms with Crippen molar-refractivity contribution >= 4 is 11.4 Å². The SMILES string of the molecule is NOS(=O)Oc1ccccc1. The average molecular weight is 173 g/mol. The Balaban J connectivity index is 2.58. The molecule has 0 aromatic heterocycles. The number of nitrogens with two attached hydrogens (primary N) is 1. The Hall–Kier alpha value is -0.910. The van der Waals surface area contributed by atoms with Crippen LogP contribution >= 0.6 is 0 Å². The Bertz CT molecular complexity index is 239. The first-order valence-corrected chi connectivity index (χ1v) is 3.85. The van der Waals surface area contributed by atoms with Crippen molar-refractivity contribution in [1.82, 2.24) is 0 Å². The third kappa shape index (κ3) is 2.67. The van der Waals surface area contributed by atoms with Gasteiger partial charge in [-0.1, -0.05) is 18.2 Å². The lowest BCUT2D eigenvalue weighted by molar-refractivity contribution is 0.324. The highest BCUT2D eigenvalue weighted by Gasteiger charge is 1.98. The molecule has 2 N–H and O–H groups in total. The maximum Gasteiger partial charge on any atom is 0.377 e. The molecule has 1 aromatic carbocycles. The van der Waals surface area contributed by atoms with Gasteiger partial charge < -0.3 is 4.18 Å². The molecule has 0 aliphatic heterocycles. The Labute approximate surface area is 66.7 Å². The number of hydrogen-bond donors (Lipinski definition) is 1. The Morgan fingerprint density at radius 1 is 1.27 bits per heavy atom. The van der Waals surface area contributed by atoms with E-state index in [0.29, 0.717) is 5.75 Å². The fourth-order valence-corrected chi connectivity index (χ4v) is 0.882. The Morgan fingerprint density at radius 2 is 1.91 bits per heavy atom. The quantitative estimate of drug-likeness (QED) is 0.677. The van der Waals surface area contributed by atoms with E-state index in [1.807, 2.05) is 6.07 Å². The molecule has 0 spiro atoms. The van der Waals surface area contributed by atoms with Gasteiger partial charge >= 0.3 is 11.4 Å². The van der Waals surface area contributed by atoms with E-state index in [-0.39, 0.29) is 0 Å². The summed E-state index contributed by atoms with van der Waals surface area (Å²) in [4.78, 5) is 0. The monoisotopic (exact) mass is 173 g/mol. The van der Waals surface area contributed by atoms with E-state index >= 15 is 0 Å². The Kier molecular flexibility index (Phi) is 3.03. The molecule has 0 radical (unpaired) electrons. The summed E-state index contributed by atoms with van der Waals surface area (Å²) < 4.78 is 19.1. The highest BCUT2D eigenvalue weighted by molar-refractivity contribution is 7.75. The van der Waals surface area contributed by atoms with E-state index in [4.69, 9.17) is 0 Å². The van der Waals surface area contributed by atoms with Crippen molar-refractivity contribution in [3.8, 4) is 5.75 Å². The maximum absolute atomic E-state index is 10.5. The summed E-state index contributed by atoms with van der Waals surface area (Å²) in [5, 5.41) is 0. The largest absolute Gasteiger partial charge is 0.379 e. The van der Waals surface area contributed by atoms with Gasteiger partial charge in [-0.05, 0) is 12.1 Å². The summed E-state index contributed by atoms with van der Waals surface area (Å²) in [7, 11) is 0. The molecule has 0 saturated carbocycles. The second kappa shape index (κ2) is 4.07. The molecule has 0 aliphatic carbocycles. The summed E-state index contributed by atoms with van der Waals surface area (Å²) >= 11 is -1.90. The molecule has 1 atom stereocenters. The van der Waals surface area contributed by atoms with E-state index in [1.54, 1.807) is 24.3 Å². The summed E-state index contributed by atoms with van der Waals surface area (Å²) in [6, 6.07) is 8.62. The Morgan fingerprint density at radius 3 is 2.45 bits per heavy atom. The molecule has 0 heterocycles. The zero-order valence-corrected chi connectivity index (χ0v) is 6.41. The molecule has 0 aliphatic rings. The topological polar surface area (TPSA) is 61.5 Å². The van der Waals surface area contributed by atoms with Gasteiger partial charge in [0.2, 0.25) is 0 Å². The molecular weight excluding hydrogens is 166 g/mol. The molecule has 1 rings (SSSR count). The minimum Gasteiger partial charge on any atom is -0.379 e. The minimum atomic E-state index is -1.90. The molecular formula is C6H7NO3S. The molecule has 1 aromatic rings. The number of hydrogen-bond acceptors (Lipinski definition) is 4. The van der Waals surface area contributed by atoms with Crippen molar-refractivity contribution in [3.05, 3.63) is 30.3 Å². The fraction of sp³-hybridized carbons (Fsp3) is 0. The van der Waals surface area contributed by atoms with E-state index in [9.17, 15) is 4.21 Å².